The third-order valence-corrected chi connectivity index (χ3v) is 4.45. The van der Waals surface area contributed by atoms with E-state index in [-0.39, 0.29) is 0 Å². The lowest BCUT2D eigenvalue weighted by Gasteiger charge is -2.37. The molecule has 2 heteroatoms. The van der Waals surface area contributed by atoms with E-state index >= 15 is 0 Å². The molecule has 1 aromatic rings. The Kier molecular flexibility index (Phi) is 7.68. The number of methoxy groups -OCH3 is 1. The van der Waals surface area contributed by atoms with E-state index in [1.807, 2.05) is 13.8 Å². The fourth-order valence-electron chi connectivity index (χ4n) is 3.58. The van der Waals surface area contributed by atoms with Crippen LogP contribution in [0.5, 0.6) is 5.75 Å². The molecule has 0 aliphatic heterocycles. The third-order valence-electron chi connectivity index (χ3n) is 4.45. The van der Waals surface area contributed by atoms with Crippen LogP contribution in [-0.4, -0.2) is 14.2 Å². The molecule has 2 unspecified atom stereocenters. The van der Waals surface area contributed by atoms with Crippen molar-refractivity contribution in [1.29, 1.82) is 0 Å². The summed E-state index contributed by atoms with van der Waals surface area (Å²) in [7, 11) is 3.27. The molecule has 0 heterocycles. The molecule has 1 aromatic carbocycles. The van der Waals surface area contributed by atoms with Gasteiger partial charge in [-0.05, 0) is 67.8 Å². The number of fused-ring (bicyclic) bond motifs is 3. The summed E-state index contributed by atoms with van der Waals surface area (Å²) in [6.07, 6.45) is 8.38. The fourth-order valence-corrected chi connectivity index (χ4v) is 3.58. The first-order chi connectivity index (χ1) is 9.88. The van der Waals surface area contributed by atoms with Gasteiger partial charge in [0.2, 0.25) is 0 Å². The molecule has 2 aliphatic carbocycles. The summed E-state index contributed by atoms with van der Waals surface area (Å²) >= 11 is 0. The van der Waals surface area contributed by atoms with Crippen molar-refractivity contribution >= 4 is 0 Å². The Morgan fingerprint density at radius 3 is 2.45 bits per heavy atom. The van der Waals surface area contributed by atoms with Crippen molar-refractivity contribution in [2.45, 2.75) is 58.3 Å². The highest BCUT2D eigenvalue weighted by atomic mass is 16.5. The van der Waals surface area contributed by atoms with Crippen LogP contribution in [0.1, 0.15) is 63.0 Å². The van der Waals surface area contributed by atoms with Gasteiger partial charge in [-0.3, -0.25) is 0 Å². The van der Waals surface area contributed by atoms with Crippen molar-refractivity contribution in [3.63, 3.8) is 0 Å². The number of hydrogen-bond donors (Lipinski definition) is 1. The van der Waals surface area contributed by atoms with Crippen LogP contribution in [-0.2, 0) is 6.42 Å². The Bertz CT molecular complexity index is 389. The highest BCUT2D eigenvalue weighted by molar-refractivity contribution is 5.40. The molecular weight excluding hydrogens is 246 g/mol. The Morgan fingerprint density at radius 2 is 1.75 bits per heavy atom. The minimum atomic E-state index is 0.826. The SMILES string of the molecule is CC.CN.COc1ccc2c(c1)C1CCCCC1CC2. The highest BCUT2D eigenvalue weighted by Crippen LogP contribution is 2.45. The molecule has 0 saturated heterocycles. The molecule has 0 aromatic heterocycles. The van der Waals surface area contributed by atoms with Gasteiger partial charge in [0, 0.05) is 0 Å². The number of rotatable bonds is 1. The summed E-state index contributed by atoms with van der Waals surface area (Å²) in [5.74, 6) is 2.81. The number of hydrogen-bond acceptors (Lipinski definition) is 2. The lowest BCUT2D eigenvalue weighted by Crippen LogP contribution is -2.23. The molecule has 1 saturated carbocycles. The maximum absolute atomic E-state index is 5.36. The quantitative estimate of drug-likeness (QED) is 0.819. The molecule has 2 N–H and O–H groups in total. The first-order valence-corrected chi connectivity index (χ1v) is 8.13. The van der Waals surface area contributed by atoms with Gasteiger partial charge in [-0.25, -0.2) is 0 Å². The number of benzene rings is 1. The van der Waals surface area contributed by atoms with Gasteiger partial charge in [0.15, 0.2) is 0 Å². The van der Waals surface area contributed by atoms with Gasteiger partial charge in [-0.15, -0.1) is 0 Å². The molecule has 2 aliphatic rings. The zero-order valence-electron chi connectivity index (χ0n) is 13.6. The molecule has 114 valence electrons. The van der Waals surface area contributed by atoms with Crippen LogP contribution in [0.15, 0.2) is 18.2 Å². The Morgan fingerprint density at radius 1 is 1.05 bits per heavy atom. The van der Waals surface area contributed by atoms with Gasteiger partial charge < -0.3 is 10.5 Å². The molecular formula is C18H31NO. The Balaban J connectivity index is 0.000000461. The van der Waals surface area contributed by atoms with Gasteiger partial charge in [-0.1, -0.05) is 32.8 Å². The van der Waals surface area contributed by atoms with E-state index in [1.54, 1.807) is 18.2 Å². The minimum Gasteiger partial charge on any atom is -0.497 e. The van der Waals surface area contributed by atoms with Crippen LogP contribution in [0.25, 0.3) is 0 Å². The largest absolute Gasteiger partial charge is 0.497 e. The molecule has 1 fully saturated rings. The summed E-state index contributed by atoms with van der Waals surface area (Å²) in [5, 5.41) is 0. The molecule has 3 rings (SSSR count). The second kappa shape index (κ2) is 9.02. The van der Waals surface area contributed by atoms with E-state index in [2.05, 4.69) is 23.9 Å². The maximum atomic E-state index is 5.36. The number of nitrogens with two attached hydrogens (primary N) is 1. The van der Waals surface area contributed by atoms with E-state index in [9.17, 15) is 0 Å². The molecule has 0 spiro atoms. The Labute approximate surface area is 124 Å². The van der Waals surface area contributed by atoms with Crippen molar-refractivity contribution in [2.75, 3.05) is 14.2 Å². The summed E-state index contributed by atoms with van der Waals surface area (Å²) in [6.45, 7) is 4.00. The highest BCUT2D eigenvalue weighted by Gasteiger charge is 2.31. The van der Waals surface area contributed by atoms with Crippen LogP contribution < -0.4 is 10.5 Å². The standard InChI is InChI=1S/C15H20O.C2H6.CH5N/c1-16-13-9-8-12-7-6-11-4-2-3-5-14(11)15(12)10-13;2*1-2/h8-11,14H,2-7H2,1H3;1-2H3;2H2,1H3. The van der Waals surface area contributed by atoms with Gasteiger partial charge in [-0.2, -0.15) is 0 Å². The maximum Gasteiger partial charge on any atom is 0.119 e. The zero-order chi connectivity index (χ0) is 15.0. The smallest absolute Gasteiger partial charge is 0.119 e. The van der Waals surface area contributed by atoms with Crippen molar-refractivity contribution in [3.8, 4) is 5.75 Å². The molecule has 2 nitrogen and oxygen atoms in total. The third kappa shape index (κ3) is 3.76. The van der Waals surface area contributed by atoms with Gasteiger partial charge in [0.05, 0.1) is 7.11 Å². The lowest BCUT2D eigenvalue weighted by molar-refractivity contribution is 0.275. The minimum absolute atomic E-state index is 0.826. The van der Waals surface area contributed by atoms with Gasteiger partial charge in [0.1, 0.15) is 5.75 Å². The Hall–Kier alpha value is -1.02. The van der Waals surface area contributed by atoms with E-state index in [0.717, 1.165) is 17.6 Å². The van der Waals surface area contributed by atoms with E-state index in [1.165, 1.54) is 45.6 Å². The molecule has 20 heavy (non-hydrogen) atoms. The summed E-state index contributed by atoms with van der Waals surface area (Å²) in [4.78, 5) is 0. The zero-order valence-corrected chi connectivity index (χ0v) is 13.6. The monoisotopic (exact) mass is 277 g/mol. The molecule has 0 amide bonds. The van der Waals surface area contributed by atoms with E-state index in [0.29, 0.717) is 0 Å². The van der Waals surface area contributed by atoms with Crippen LogP contribution in [0.4, 0.5) is 0 Å². The second-order valence-corrected chi connectivity index (χ2v) is 5.25. The molecule has 2 atom stereocenters. The molecule has 0 bridgehead atoms. The first-order valence-electron chi connectivity index (χ1n) is 8.13. The topological polar surface area (TPSA) is 35.2 Å². The van der Waals surface area contributed by atoms with Gasteiger partial charge in [0.25, 0.3) is 0 Å². The van der Waals surface area contributed by atoms with Crippen molar-refractivity contribution < 1.29 is 4.74 Å². The van der Waals surface area contributed by atoms with Crippen LogP contribution in [0.2, 0.25) is 0 Å². The summed E-state index contributed by atoms with van der Waals surface area (Å²) in [5.41, 5.74) is 7.67. The number of aryl methyl sites for hydroxylation is 1. The van der Waals surface area contributed by atoms with Crippen LogP contribution in [0, 0.1) is 5.92 Å². The van der Waals surface area contributed by atoms with Gasteiger partial charge >= 0.3 is 0 Å². The number of ether oxygens (including phenoxy) is 1. The van der Waals surface area contributed by atoms with Crippen molar-refractivity contribution in [2.24, 2.45) is 11.7 Å². The summed E-state index contributed by atoms with van der Waals surface area (Å²) < 4.78 is 5.36. The first kappa shape index (κ1) is 17.0. The van der Waals surface area contributed by atoms with Crippen molar-refractivity contribution in [1.82, 2.24) is 0 Å². The predicted octanol–water partition coefficient (Wildman–Crippen LogP) is 4.52. The van der Waals surface area contributed by atoms with Crippen LogP contribution in [0.3, 0.4) is 0 Å². The summed E-state index contributed by atoms with van der Waals surface area (Å²) in [6, 6.07) is 6.68. The fraction of sp³-hybridized carbons (Fsp3) is 0.667. The van der Waals surface area contributed by atoms with E-state index < -0.39 is 0 Å². The van der Waals surface area contributed by atoms with Crippen molar-refractivity contribution in [3.05, 3.63) is 29.3 Å². The van der Waals surface area contributed by atoms with Crippen LogP contribution >= 0.6 is 0 Å². The lowest BCUT2D eigenvalue weighted by atomic mass is 9.68. The van der Waals surface area contributed by atoms with E-state index in [4.69, 9.17) is 4.74 Å². The molecule has 0 radical (unpaired) electrons. The average molecular weight is 277 g/mol. The average Bonchev–Trinajstić information content (AvgIpc) is 2.58. The predicted molar refractivity (Wildman–Crippen MR) is 87.5 cm³/mol. The normalized spacial score (nSPS) is 23.1. The second-order valence-electron chi connectivity index (χ2n) is 5.25.